The van der Waals surface area contributed by atoms with Gasteiger partial charge in [0.25, 0.3) is 0 Å². The number of hydrogen-bond acceptors (Lipinski definition) is 9. The van der Waals surface area contributed by atoms with Gasteiger partial charge >= 0.3 is 0 Å². The van der Waals surface area contributed by atoms with Gasteiger partial charge in [-0.05, 0) is 38.8 Å². The zero-order valence-electron chi connectivity index (χ0n) is 20.1. The van der Waals surface area contributed by atoms with Crippen LogP contribution < -0.4 is 15.7 Å². The molecule has 0 atom stereocenters. The molecule has 9 nitrogen and oxygen atoms in total. The average molecular weight is 510 g/mol. The summed E-state index contributed by atoms with van der Waals surface area (Å²) in [7, 11) is 0. The minimum Gasteiger partial charge on any atom is -0.444 e. The molecule has 2 aromatic rings. The van der Waals surface area contributed by atoms with Gasteiger partial charge in [-0.15, -0.1) is 11.8 Å². The first-order valence-corrected chi connectivity index (χ1v) is 13.6. The molecule has 3 N–H and O–H groups in total. The Bertz CT molecular complexity index is 934. The van der Waals surface area contributed by atoms with Crippen molar-refractivity contribution in [3.05, 3.63) is 24.0 Å². The molecule has 1 fully saturated rings. The number of amides is 2. The van der Waals surface area contributed by atoms with E-state index in [1.165, 1.54) is 11.3 Å². The van der Waals surface area contributed by atoms with Crippen LogP contribution in [0.15, 0.2) is 21.0 Å². The number of hydroxylamine groups is 1. The summed E-state index contributed by atoms with van der Waals surface area (Å²) in [5.74, 6) is 1.90. The van der Waals surface area contributed by atoms with Crippen LogP contribution in [-0.4, -0.2) is 46.6 Å². The summed E-state index contributed by atoms with van der Waals surface area (Å²) in [6.45, 7) is 8.55. The number of piperidine rings is 1. The van der Waals surface area contributed by atoms with Crippen molar-refractivity contribution in [2.75, 3.05) is 24.5 Å². The van der Waals surface area contributed by atoms with E-state index in [4.69, 9.17) is 9.62 Å². The first-order chi connectivity index (χ1) is 16.3. The van der Waals surface area contributed by atoms with E-state index in [1.54, 1.807) is 23.4 Å². The second kappa shape index (κ2) is 12.7. The van der Waals surface area contributed by atoms with E-state index in [0.29, 0.717) is 29.7 Å². The van der Waals surface area contributed by atoms with Crippen LogP contribution in [0.4, 0.5) is 5.13 Å². The Hall–Kier alpha value is -1.95. The molecule has 0 unspecified atom stereocenters. The number of oxazole rings is 1. The van der Waals surface area contributed by atoms with E-state index < -0.39 is 0 Å². The summed E-state index contributed by atoms with van der Waals surface area (Å²) in [5, 5.41) is 12.6. The number of thiazole rings is 1. The van der Waals surface area contributed by atoms with Crippen molar-refractivity contribution in [2.24, 2.45) is 5.92 Å². The van der Waals surface area contributed by atoms with Crippen molar-refractivity contribution >= 4 is 40.0 Å². The first-order valence-electron chi connectivity index (χ1n) is 11.8. The molecular formula is C23H35N5O4S2. The number of hydrogen-bond donors (Lipinski definition) is 3. The maximum atomic E-state index is 13.3. The summed E-state index contributed by atoms with van der Waals surface area (Å²) >= 11 is 3.12. The lowest BCUT2D eigenvalue weighted by molar-refractivity contribution is -0.129. The van der Waals surface area contributed by atoms with Crippen LogP contribution in [0.2, 0.25) is 0 Å². The first kappa shape index (κ1) is 26.7. The van der Waals surface area contributed by atoms with Crippen LogP contribution >= 0.6 is 23.1 Å². The fourth-order valence-electron chi connectivity index (χ4n) is 3.68. The third-order valence-electron chi connectivity index (χ3n) is 5.70. The molecule has 188 valence electrons. The van der Waals surface area contributed by atoms with Gasteiger partial charge in [-0.25, -0.2) is 15.4 Å². The molecule has 34 heavy (non-hydrogen) atoms. The number of carbonyl (C=O) groups excluding carboxylic acids is 2. The number of thioether (sulfide) groups is 1. The molecule has 0 bridgehead atoms. The molecule has 0 spiro atoms. The lowest BCUT2D eigenvalue weighted by Crippen LogP contribution is -2.41. The molecule has 11 heteroatoms. The Labute approximate surface area is 209 Å². The molecule has 0 saturated carbocycles. The second-order valence-corrected chi connectivity index (χ2v) is 11.8. The van der Waals surface area contributed by atoms with Crippen LogP contribution in [0.1, 0.15) is 70.9 Å². The van der Waals surface area contributed by atoms with Gasteiger partial charge in [-0.3, -0.25) is 19.7 Å². The third kappa shape index (κ3) is 7.79. The summed E-state index contributed by atoms with van der Waals surface area (Å²) in [5.41, 5.74) is 1.58. The van der Waals surface area contributed by atoms with Crippen molar-refractivity contribution in [2.45, 2.75) is 74.7 Å². The molecule has 2 aromatic heterocycles. The summed E-state index contributed by atoms with van der Waals surface area (Å²) in [6, 6.07) is 0. The predicted molar refractivity (Wildman–Crippen MR) is 133 cm³/mol. The molecule has 3 rings (SSSR count). The zero-order valence-corrected chi connectivity index (χ0v) is 21.8. The van der Waals surface area contributed by atoms with Crippen molar-refractivity contribution in [3.63, 3.8) is 0 Å². The maximum absolute atomic E-state index is 13.3. The molecule has 1 aliphatic heterocycles. The van der Waals surface area contributed by atoms with Crippen LogP contribution in [0, 0.1) is 5.92 Å². The molecule has 3 heterocycles. The second-order valence-electron chi connectivity index (χ2n) is 9.48. The summed E-state index contributed by atoms with van der Waals surface area (Å²) in [4.78, 5) is 35.3. The van der Waals surface area contributed by atoms with Gasteiger partial charge in [0.1, 0.15) is 5.76 Å². The van der Waals surface area contributed by atoms with Gasteiger partial charge in [0.2, 0.25) is 17.7 Å². The zero-order chi connectivity index (χ0) is 24.6. The van der Waals surface area contributed by atoms with Gasteiger partial charge < -0.3 is 9.73 Å². The highest BCUT2D eigenvalue weighted by Crippen LogP contribution is 2.34. The monoisotopic (exact) mass is 509 g/mol. The largest absolute Gasteiger partial charge is 0.444 e. The maximum Gasteiger partial charge on any atom is 0.243 e. The Balaban J connectivity index is 1.61. The van der Waals surface area contributed by atoms with E-state index in [2.05, 4.69) is 36.1 Å². The number of aromatic nitrogens is 2. The van der Waals surface area contributed by atoms with Gasteiger partial charge in [0, 0.05) is 24.3 Å². The molecular weight excluding hydrogens is 474 g/mol. The van der Waals surface area contributed by atoms with Crippen molar-refractivity contribution in [1.82, 2.24) is 20.8 Å². The molecule has 0 radical (unpaired) electrons. The summed E-state index contributed by atoms with van der Waals surface area (Å²) in [6.07, 6.45) is 7.75. The van der Waals surface area contributed by atoms with Crippen LogP contribution in [-0.2, 0) is 20.8 Å². The van der Waals surface area contributed by atoms with Crippen LogP contribution in [0.3, 0.4) is 0 Å². The molecule has 0 aliphatic carbocycles. The number of carbonyl (C=O) groups is 2. The smallest absolute Gasteiger partial charge is 0.243 e. The van der Waals surface area contributed by atoms with Crippen molar-refractivity contribution in [1.29, 1.82) is 0 Å². The highest BCUT2D eigenvalue weighted by Gasteiger charge is 2.28. The number of nitrogens with zero attached hydrogens (tertiary/aromatic N) is 3. The Morgan fingerprint density at radius 3 is 2.68 bits per heavy atom. The number of rotatable bonds is 11. The van der Waals surface area contributed by atoms with Crippen LogP contribution in [0.5, 0.6) is 0 Å². The fourth-order valence-corrected chi connectivity index (χ4v) is 5.52. The standard InChI is InChI=1S/C23H35N5O4S2/c1-23(2,3)17-13-25-19(32-17)15-33-20-14-26-22(34-20)28(12-6-4-5-7-18(29)27-31)21(30)16-8-10-24-11-9-16/h13-14,16,24,31H,4-12,15H2,1-3H3,(H,27,29). The van der Waals surface area contributed by atoms with E-state index in [1.807, 2.05) is 11.1 Å². The van der Waals surface area contributed by atoms with Gasteiger partial charge in [0.05, 0.1) is 22.4 Å². The lowest BCUT2D eigenvalue weighted by atomic mass is 9.94. The van der Waals surface area contributed by atoms with Crippen molar-refractivity contribution in [3.8, 4) is 0 Å². The quantitative estimate of drug-likeness (QED) is 0.179. The van der Waals surface area contributed by atoms with E-state index in [0.717, 1.165) is 48.7 Å². The van der Waals surface area contributed by atoms with E-state index in [9.17, 15) is 9.59 Å². The minimum absolute atomic E-state index is 0.00422. The van der Waals surface area contributed by atoms with Crippen LogP contribution in [0.25, 0.3) is 0 Å². The summed E-state index contributed by atoms with van der Waals surface area (Å²) < 4.78 is 6.89. The fraction of sp³-hybridized carbons (Fsp3) is 0.652. The third-order valence-corrected chi connectivity index (χ3v) is 7.90. The Morgan fingerprint density at radius 1 is 1.24 bits per heavy atom. The average Bonchev–Trinajstić information content (AvgIpc) is 3.50. The Morgan fingerprint density at radius 2 is 2.00 bits per heavy atom. The van der Waals surface area contributed by atoms with E-state index in [-0.39, 0.29) is 29.6 Å². The predicted octanol–water partition coefficient (Wildman–Crippen LogP) is 4.12. The molecule has 0 aromatic carbocycles. The highest BCUT2D eigenvalue weighted by atomic mass is 32.2. The van der Waals surface area contributed by atoms with E-state index >= 15 is 0 Å². The van der Waals surface area contributed by atoms with Crippen molar-refractivity contribution < 1.29 is 19.2 Å². The SMILES string of the molecule is CC(C)(C)c1cnc(CSc2cnc(N(CCCCCC(=O)NO)C(=O)C3CCNCC3)s2)o1. The Kier molecular flexibility index (Phi) is 9.93. The minimum atomic E-state index is -0.384. The van der Waals surface area contributed by atoms with Gasteiger partial charge in [0.15, 0.2) is 5.13 Å². The number of anilines is 1. The highest BCUT2D eigenvalue weighted by molar-refractivity contribution is 8.00. The molecule has 1 aliphatic rings. The topological polar surface area (TPSA) is 121 Å². The molecule has 1 saturated heterocycles. The lowest BCUT2D eigenvalue weighted by Gasteiger charge is -2.28. The van der Waals surface area contributed by atoms with Gasteiger partial charge in [-0.1, -0.05) is 38.5 Å². The van der Waals surface area contributed by atoms with Gasteiger partial charge in [-0.2, -0.15) is 0 Å². The number of unbranched alkanes of at least 4 members (excludes halogenated alkanes) is 2. The normalized spacial score (nSPS) is 14.8. The molecule has 2 amide bonds. The number of nitrogens with one attached hydrogen (secondary N) is 2.